The lowest BCUT2D eigenvalue weighted by molar-refractivity contribution is -0.199. The Hall–Kier alpha value is -1.80. The highest BCUT2D eigenvalue weighted by atomic mass is 32.2. The van der Waals surface area contributed by atoms with Crippen molar-refractivity contribution >= 4 is 26.5 Å². The van der Waals surface area contributed by atoms with Crippen molar-refractivity contribution in [2.45, 2.75) is 17.2 Å². The molecule has 0 spiro atoms. The molecule has 0 saturated carbocycles. The van der Waals surface area contributed by atoms with Crippen LogP contribution in [0.4, 0.5) is 18.9 Å². The van der Waals surface area contributed by atoms with Crippen LogP contribution in [0.2, 0.25) is 0 Å². The lowest BCUT2D eigenvalue weighted by atomic mass is 10.1. The fraction of sp³-hybridized carbons (Fsp3) is 0.231. The Morgan fingerprint density at radius 1 is 1.14 bits per heavy atom. The number of alkyl halides is 3. The fourth-order valence-corrected chi connectivity index (χ4v) is 4.13. The Labute approximate surface area is 118 Å². The van der Waals surface area contributed by atoms with Crippen LogP contribution in [0.15, 0.2) is 41.3 Å². The van der Waals surface area contributed by atoms with Crippen molar-refractivity contribution < 1.29 is 26.7 Å². The van der Waals surface area contributed by atoms with Crippen molar-refractivity contribution in [1.82, 2.24) is 0 Å². The normalized spacial score (nSPS) is 18.2. The third-order valence-corrected chi connectivity index (χ3v) is 5.22. The third kappa shape index (κ3) is 2.06. The van der Waals surface area contributed by atoms with Crippen LogP contribution in [0, 0.1) is 0 Å². The molecule has 0 aliphatic carbocycles. The second-order valence-electron chi connectivity index (χ2n) is 4.72. The highest BCUT2D eigenvalue weighted by molar-refractivity contribution is 7.93. The Morgan fingerprint density at radius 2 is 1.76 bits per heavy atom. The molecule has 3 rings (SSSR count). The number of hydrogen-bond donors (Lipinski definition) is 1. The van der Waals surface area contributed by atoms with Gasteiger partial charge in [0.25, 0.3) is 10.0 Å². The van der Waals surface area contributed by atoms with Crippen molar-refractivity contribution in [2.75, 3.05) is 10.8 Å². The van der Waals surface area contributed by atoms with E-state index in [-0.39, 0.29) is 10.6 Å². The highest BCUT2D eigenvalue weighted by Gasteiger charge is 2.44. The van der Waals surface area contributed by atoms with Gasteiger partial charge < -0.3 is 5.11 Å². The van der Waals surface area contributed by atoms with Gasteiger partial charge in [0.1, 0.15) is 0 Å². The number of benzene rings is 2. The van der Waals surface area contributed by atoms with Gasteiger partial charge in [-0.15, -0.1) is 0 Å². The van der Waals surface area contributed by atoms with E-state index in [9.17, 15) is 26.7 Å². The molecule has 2 aromatic rings. The van der Waals surface area contributed by atoms with Crippen molar-refractivity contribution in [2.24, 2.45) is 0 Å². The van der Waals surface area contributed by atoms with Gasteiger partial charge in [0, 0.05) is 5.39 Å². The third-order valence-electron chi connectivity index (χ3n) is 3.40. The van der Waals surface area contributed by atoms with Crippen LogP contribution in [0.3, 0.4) is 0 Å². The van der Waals surface area contributed by atoms with E-state index in [1.165, 1.54) is 18.2 Å². The summed E-state index contributed by atoms with van der Waals surface area (Å²) in [6, 6.07) is 9.24. The summed E-state index contributed by atoms with van der Waals surface area (Å²) in [5, 5.41) is 10.2. The number of nitrogens with zero attached hydrogens (tertiary/aromatic N) is 1. The summed E-state index contributed by atoms with van der Waals surface area (Å²) in [6.45, 7) is -1.06. The van der Waals surface area contributed by atoms with E-state index in [0.717, 1.165) is 0 Å². The summed E-state index contributed by atoms with van der Waals surface area (Å²) in [4.78, 5) is -0.0371. The van der Waals surface area contributed by atoms with Gasteiger partial charge in [-0.05, 0) is 17.5 Å². The summed E-state index contributed by atoms with van der Waals surface area (Å²) in [5.74, 6) is 0. The fourth-order valence-electron chi connectivity index (χ4n) is 2.42. The van der Waals surface area contributed by atoms with Gasteiger partial charge in [-0.25, -0.2) is 8.42 Å². The van der Waals surface area contributed by atoms with Crippen LogP contribution in [-0.2, 0) is 10.0 Å². The molecule has 0 bridgehead atoms. The summed E-state index contributed by atoms with van der Waals surface area (Å²) < 4.78 is 62.9. The van der Waals surface area contributed by atoms with Crippen LogP contribution in [0.1, 0.15) is 0 Å². The van der Waals surface area contributed by atoms with Gasteiger partial charge in [0.05, 0.1) is 17.1 Å². The quantitative estimate of drug-likeness (QED) is 0.924. The first kappa shape index (κ1) is 14.2. The monoisotopic (exact) mass is 317 g/mol. The predicted octanol–water partition coefficient (Wildman–Crippen LogP) is 2.27. The van der Waals surface area contributed by atoms with Crippen LogP contribution in [0.5, 0.6) is 0 Å². The van der Waals surface area contributed by atoms with E-state index >= 15 is 0 Å². The zero-order valence-electron chi connectivity index (χ0n) is 10.5. The minimum absolute atomic E-state index is 0.0371. The number of sulfonamides is 1. The molecule has 4 nitrogen and oxygen atoms in total. The summed E-state index contributed by atoms with van der Waals surface area (Å²) >= 11 is 0. The average molecular weight is 317 g/mol. The first-order valence-corrected chi connectivity index (χ1v) is 7.46. The van der Waals surface area contributed by atoms with E-state index < -0.39 is 28.8 Å². The summed E-state index contributed by atoms with van der Waals surface area (Å²) in [5.41, 5.74) is 0.159. The van der Waals surface area contributed by atoms with Crippen molar-refractivity contribution in [3.63, 3.8) is 0 Å². The number of aliphatic hydroxyl groups excluding tert-OH is 1. The Morgan fingerprint density at radius 3 is 2.38 bits per heavy atom. The zero-order valence-corrected chi connectivity index (χ0v) is 11.3. The maximum Gasteiger partial charge on any atom is 0.416 e. The SMILES string of the molecule is O=S1(=O)c2cccc3cccc(c23)N1CC(O)C(F)(F)F. The predicted molar refractivity (Wildman–Crippen MR) is 70.5 cm³/mol. The average Bonchev–Trinajstić information content (AvgIpc) is 2.62. The second kappa shape index (κ2) is 4.35. The molecule has 21 heavy (non-hydrogen) atoms. The molecule has 0 radical (unpaired) electrons. The lowest BCUT2D eigenvalue weighted by Crippen LogP contribution is -2.42. The van der Waals surface area contributed by atoms with E-state index in [2.05, 4.69) is 0 Å². The number of halogens is 3. The number of rotatable bonds is 2. The van der Waals surface area contributed by atoms with E-state index in [4.69, 9.17) is 0 Å². The molecule has 0 amide bonds. The van der Waals surface area contributed by atoms with E-state index in [1.54, 1.807) is 18.2 Å². The van der Waals surface area contributed by atoms with Crippen LogP contribution in [-0.4, -0.2) is 32.3 Å². The molecule has 0 fully saturated rings. The number of anilines is 1. The van der Waals surface area contributed by atoms with Crippen LogP contribution >= 0.6 is 0 Å². The molecular formula is C13H10F3NO3S. The lowest BCUT2D eigenvalue weighted by Gasteiger charge is -2.23. The molecule has 0 saturated heterocycles. The van der Waals surface area contributed by atoms with Crippen LogP contribution in [0.25, 0.3) is 10.8 Å². The molecule has 1 aliphatic heterocycles. The number of hydrogen-bond acceptors (Lipinski definition) is 3. The molecule has 2 aromatic carbocycles. The zero-order chi connectivity index (χ0) is 15.4. The van der Waals surface area contributed by atoms with Gasteiger partial charge >= 0.3 is 6.18 Å². The number of β-amino-alcohol motifs (C(OH)–C–C–N with tert-alkyl or cyclic N) is 1. The Balaban J connectivity index is 2.15. The molecule has 1 unspecified atom stereocenters. The van der Waals surface area contributed by atoms with Crippen molar-refractivity contribution in [3.8, 4) is 0 Å². The Bertz CT molecular complexity index is 812. The minimum Gasteiger partial charge on any atom is -0.382 e. The minimum atomic E-state index is -4.88. The van der Waals surface area contributed by atoms with Crippen molar-refractivity contribution in [3.05, 3.63) is 36.4 Å². The van der Waals surface area contributed by atoms with Gasteiger partial charge in [-0.1, -0.05) is 24.3 Å². The van der Waals surface area contributed by atoms with Gasteiger partial charge in [0.15, 0.2) is 6.10 Å². The smallest absolute Gasteiger partial charge is 0.382 e. The molecule has 1 heterocycles. The van der Waals surface area contributed by atoms with E-state index in [1.807, 2.05) is 0 Å². The van der Waals surface area contributed by atoms with Crippen molar-refractivity contribution in [1.29, 1.82) is 0 Å². The molecule has 1 aliphatic rings. The van der Waals surface area contributed by atoms with E-state index in [0.29, 0.717) is 15.1 Å². The molecule has 0 aromatic heterocycles. The van der Waals surface area contributed by atoms with Gasteiger partial charge in [0.2, 0.25) is 0 Å². The highest BCUT2D eigenvalue weighted by Crippen LogP contribution is 2.42. The largest absolute Gasteiger partial charge is 0.416 e. The van der Waals surface area contributed by atoms with Crippen LogP contribution < -0.4 is 4.31 Å². The van der Waals surface area contributed by atoms with Gasteiger partial charge in [-0.2, -0.15) is 13.2 Å². The molecule has 112 valence electrons. The standard InChI is InChI=1S/C13H10F3NO3S/c14-13(15,16)11(18)7-17-9-5-1-3-8-4-2-6-10(12(8)9)21(17,19)20/h1-6,11,18H,7H2. The Kier molecular flexibility index (Phi) is 2.93. The summed E-state index contributed by atoms with van der Waals surface area (Å²) in [7, 11) is -4.08. The molecule has 1 N–H and O–H groups in total. The molecular weight excluding hydrogens is 307 g/mol. The van der Waals surface area contributed by atoms with Gasteiger partial charge in [-0.3, -0.25) is 4.31 Å². The molecule has 8 heteroatoms. The maximum atomic E-state index is 12.5. The maximum absolute atomic E-state index is 12.5. The number of aliphatic hydroxyl groups is 1. The molecule has 1 atom stereocenters. The second-order valence-corrected chi connectivity index (χ2v) is 6.56. The first-order valence-electron chi connectivity index (χ1n) is 6.02. The first-order chi connectivity index (χ1) is 9.73. The summed E-state index contributed by atoms with van der Waals surface area (Å²) in [6.07, 6.45) is -7.62. The topological polar surface area (TPSA) is 57.6 Å².